The lowest BCUT2D eigenvalue weighted by atomic mass is 10.1. The second-order valence-corrected chi connectivity index (χ2v) is 4.55. The van der Waals surface area contributed by atoms with Crippen LogP contribution in [0, 0.1) is 5.92 Å². The highest BCUT2D eigenvalue weighted by Gasteiger charge is 2.22. The Morgan fingerprint density at radius 2 is 2.22 bits per heavy atom. The van der Waals surface area contributed by atoms with Crippen molar-refractivity contribution < 1.29 is 9.53 Å². The molecule has 1 amide bonds. The maximum absolute atomic E-state index is 11.9. The molecule has 0 radical (unpaired) electrons. The number of benzene rings is 1. The van der Waals surface area contributed by atoms with Gasteiger partial charge < -0.3 is 15.4 Å². The second-order valence-electron chi connectivity index (χ2n) is 4.55. The molecule has 1 aliphatic rings. The molecule has 1 aliphatic heterocycles. The topological polar surface area (TPSA) is 50.4 Å². The molecule has 1 fully saturated rings. The summed E-state index contributed by atoms with van der Waals surface area (Å²) in [6.07, 6.45) is 1.91. The zero-order valence-electron chi connectivity index (χ0n) is 10.7. The number of rotatable bonds is 5. The van der Waals surface area contributed by atoms with Crippen molar-refractivity contribution in [3.05, 3.63) is 24.3 Å². The molecule has 1 unspecified atom stereocenters. The van der Waals surface area contributed by atoms with Gasteiger partial charge in [-0.15, -0.1) is 0 Å². The molecule has 0 aliphatic carbocycles. The van der Waals surface area contributed by atoms with Crippen LogP contribution in [0.25, 0.3) is 0 Å². The van der Waals surface area contributed by atoms with Gasteiger partial charge in [0, 0.05) is 12.2 Å². The standard InChI is InChI=1S/C14H20N2O2/c1-2-9-18-13-5-3-12(4-6-13)16-14(17)11-7-8-15-10-11/h3-6,11,15H,2,7-10H2,1H3,(H,16,17). The lowest BCUT2D eigenvalue weighted by molar-refractivity contribution is -0.119. The Morgan fingerprint density at radius 1 is 1.44 bits per heavy atom. The minimum atomic E-state index is 0.0982. The molecule has 98 valence electrons. The van der Waals surface area contributed by atoms with Crippen LogP contribution >= 0.6 is 0 Å². The molecule has 1 saturated heterocycles. The molecule has 1 aromatic rings. The van der Waals surface area contributed by atoms with Crippen LogP contribution in [-0.4, -0.2) is 25.6 Å². The second kappa shape index (κ2) is 6.40. The van der Waals surface area contributed by atoms with E-state index in [0.717, 1.165) is 44.0 Å². The molecule has 0 saturated carbocycles. The van der Waals surface area contributed by atoms with Crippen LogP contribution in [0.2, 0.25) is 0 Å². The summed E-state index contributed by atoms with van der Waals surface area (Å²) in [6.45, 7) is 4.51. The normalized spacial score (nSPS) is 18.6. The van der Waals surface area contributed by atoms with Crippen LogP contribution in [0.1, 0.15) is 19.8 Å². The van der Waals surface area contributed by atoms with Gasteiger partial charge in [-0.2, -0.15) is 0 Å². The first-order valence-electron chi connectivity index (χ1n) is 6.54. The van der Waals surface area contributed by atoms with E-state index in [-0.39, 0.29) is 11.8 Å². The zero-order chi connectivity index (χ0) is 12.8. The Bertz CT molecular complexity index is 383. The third-order valence-electron chi connectivity index (χ3n) is 3.03. The first-order valence-corrected chi connectivity index (χ1v) is 6.54. The van der Waals surface area contributed by atoms with Gasteiger partial charge in [-0.25, -0.2) is 0 Å². The van der Waals surface area contributed by atoms with Gasteiger partial charge >= 0.3 is 0 Å². The molecule has 2 rings (SSSR count). The monoisotopic (exact) mass is 248 g/mol. The summed E-state index contributed by atoms with van der Waals surface area (Å²) < 4.78 is 5.49. The van der Waals surface area contributed by atoms with E-state index in [0.29, 0.717) is 0 Å². The predicted molar refractivity (Wildman–Crippen MR) is 71.8 cm³/mol. The van der Waals surface area contributed by atoms with Crippen LogP contribution in [-0.2, 0) is 4.79 Å². The van der Waals surface area contributed by atoms with Crippen molar-refractivity contribution in [2.45, 2.75) is 19.8 Å². The third-order valence-corrected chi connectivity index (χ3v) is 3.03. The van der Waals surface area contributed by atoms with E-state index >= 15 is 0 Å². The maximum atomic E-state index is 11.9. The summed E-state index contributed by atoms with van der Waals surface area (Å²) in [5.41, 5.74) is 0.829. The van der Waals surface area contributed by atoms with Gasteiger partial charge in [0.05, 0.1) is 12.5 Å². The number of amides is 1. The van der Waals surface area contributed by atoms with Gasteiger partial charge in [0.2, 0.25) is 5.91 Å². The van der Waals surface area contributed by atoms with Crippen molar-refractivity contribution in [2.75, 3.05) is 25.0 Å². The Morgan fingerprint density at radius 3 is 2.83 bits per heavy atom. The number of hydrogen-bond donors (Lipinski definition) is 2. The van der Waals surface area contributed by atoms with Gasteiger partial charge in [-0.1, -0.05) is 6.92 Å². The Kier molecular flexibility index (Phi) is 4.59. The molecule has 0 spiro atoms. The minimum absolute atomic E-state index is 0.0982. The fraction of sp³-hybridized carbons (Fsp3) is 0.500. The summed E-state index contributed by atoms with van der Waals surface area (Å²) in [5, 5.41) is 6.12. The van der Waals surface area contributed by atoms with Gasteiger partial charge in [0.15, 0.2) is 0 Å². The molecule has 0 aromatic heterocycles. The van der Waals surface area contributed by atoms with E-state index in [2.05, 4.69) is 17.6 Å². The first-order chi connectivity index (χ1) is 8.79. The van der Waals surface area contributed by atoms with Gasteiger partial charge in [-0.05, 0) is 43.7 Å². The highest BCUT2D eigenvalue weighted by atomic mass is 16.5. The zero-order valence-corrected chi connectivity index (χ0v) is 10.7. The van der Waals surface area contributed by atoms with Gasteiger partial charge in [0.1, 0.15) is 5.75 Å². The smallest absolute Gasteiger partial charge is 0.228 e. The summed E-state index contributed by atoms with van der Waals surface area (Å²) in [5.74, 6) is 1.04. The quantitative estimate of drug-likeness (QED) is 0.838. The number of anilines is 1. The Labute approximate surface area is 108 Å². The fourth-order valence-corrected chi connectivity index (χ4v) is 1.98. The van der Waals surface area contributed by atoms with E-state index in [9.17, 15) is 4.79 Å². The van der Waals surface area contributed by atoms with Crippen molar-refractivity contribution in [1.29, 1.82) is 0 Å². The molecule has 1 atom stereocenters. The number of nitrogens with one attached hydrogen (secondary N) is 2. The van der Waals surface area contributed by atoms with Crippen LogP contribution in [0.4, 0.5) is 5.69 Å². The Balaban J connectivity index is 1.87. The molecule has 1 heterocycles. The van der Waals surface area contributed by atoms with E-state index < -0.39 is 0 Å². The molecule has 2 N–H and O–H groups in total. The van der Waals surface area contributed by atoms with Crippen LogP contribution < -0.4 is 15.4 Å². The number of carbonyl (C=O) groups excluding carboxylic acids is 1. The summed E-state index contributed by atoms with van der Waals surface area (Å²) in [6, 6.07) is 7.53. The maximum Gasteiger partial charge on any atom is 0.228 e. The lowest BCUT2D eigenvalue weighted by Gasteiger charge is -2.10. The molecular formula is C14H20N2O2. The first kappa shape index (κ1) is 12.9. The third kappa shape index (κ3) is 3.47. The van der Waals surface area contributed by atoms with Crippen molar-refractivity contribution >= 4 is 11.6 Å². The molecule has 4 nitrogen and oxygen atoms in total. The molecule has 4 heteroatoms. The van der Waals surface area contributed by atoms with Crippen LogP contribution in [0.15, 0.2) is 24.3 Å². The number of ether oxygens (including phenoxy) is 1. The van der Waals surface area contributed by atoms with Gasteiger partial charge in [-0.3, -0.25) is 4.79 Å². The molecule has 0 bridgehead atoms. The number of carbonyl (C=O) groups is 1. The fourth-order valence-electron chi connectivity index (χ4n) is 1.98. The van der Waals surface area contributed by atoms with Gasteiger partial charge in [0.25, 0.3) is 0 Å². The molecule has 1 aromatic carbocycles. The van der Waals surface area contributed by atoms with Crippen molar-refractivity contribution in [2.24, 2.45) is 5.92 Å². The van der Waals surface area contributed by atoms with Crippen LogP contribution in [0.3, 0.4) is 0 Å². The average molecular weight is 248 g/mol. The van der Waals surface area contributed by atoms with E-state index in [1.54, 1.807) is 0 Å². The van der Waals surface area contributed by atoms with E-state index in [1.165, 1.54) is 0 Å². The SMILES string of the molecule is CCCOc1ccc(NC(=O)C2CCNC2)cc1. The van der Waals surface area contributed by atoms with Crippen LogP contribution in [0.5, 0.6) is 5.75 Å². The predicted octanol–water partition coefficient (Wildman–Crippen LogP) is 2.02. The summed E-state index contributed by atoms with van der Waals surface area (Å²) >= 11 is 0. The van der Waals surface area contributed by atoms with Crippen molar-refractivity contribution in [3.63, 3.8) is 0 Å². The minimum Gasteiger partial charge on any atom is -0.494 e. The largest absolute Gasteiger partial charge is 0.494 e. The Hall–Kier alpha value is -1.55. The molecular weight excluding hydrogens is 228 g/mol. The lowest BCUT2D eigenvalue weighted by Crippen LogP contribution is -2.24. The van der Waals surface area contributed by atoms with E-state index in [1.807, 2.05) is 24.3 Å². The number of hydrogen-bond acceptors (Lipinski definition) is 3. The molecule has 18 heavy (non-hydrogen) atoms. The highest BCUT2D eigenvalue weighted by Crippen LogP contribution is 2.17. The van der Waals surface area contributed by atoms with Crippen molar-refractivity contribution in [1.82, 2.24) is 5.32 Å². The highest BCUT2D eigenvalue weighted by molar-refractivity contribution is 5.92. The average Bonchev–Trinajstić information content (AvgIpc) is 2.92. The summed E-state index contributed by atoms with van der Waals surface area (Å²) in [7, 11) is 0. The van der Waals surface area contributed by atoms with E-state index in [4.69, 9.17) is 4.74 Å². The van der Waals surface area contributed by atoms with Crippen molar-refractivity contribution in [3.8, 4) is 5.75 Å². The summed E-state index contributed by atoms with van der Waals surface area (Å²) in [4.78, 5) is 11.9.